The topological polar surface area (TPSA) is 29.1 Å². The maximum atomic E-state index is 11.6. The predicted molar refractivity (Wildman–Crippen MR) is 29.2 cm³/mol. The molecule has 0 rings (SSSR count). The van der Waals surface area contributed by atoms with E-state index in [1.165, 1.54) is 6.29 Å². The maximum absolute atomic E-state index is 11.6. The summed E-state index contributed by atoms with van der Waals surface area (Å²) in [5.41, 5.74) is 0. The molecule has 0 aliphatic rings. The van der Waals surface area contributed by atoms with Crippen molar-refractivity contribution in [1.82, 2.24) is 5.32 Å². The molecule has 0 aromatic heterocycles. The van der Waals surface area contributed by atoms with Gasteiger partial charge >= 0.3 is 6.18 Å². The molecule has 1 atom stereocenters. The van der Waals surface area contributed by atoms with Gasteiger partial charge in [-0.3, -0.25) is 10.1 Å². The molecule has 0 unspecified atom stereocenters. The average molecular weight is 154 g/mol. The Morgan fingerprint density at radius 1 is 1.60 bits per heavy atom. The van der Waals surface area contributed by atoms with Gasteiger partial charge in [-0.25, -0.2) is 0 Å². The summed E-state index contributed by atoms with van der Waals surface area (Å²) in [6.45, 7) is 0.554. The first kappa shape index (κ1) is 9.42. The Morgan fingerprint density at radius 2 is 2.10 bits per heavy atom. The van der Waals surface area contributed by atoms with E-state index in [1.54, 1.807) is 0 Å². The largest absolute Gasteiger partial charge is 0.403 e. The van der Waals surface area contributed by atoms with Gasteiger partial charge in [0.05, 0.1) is 6.54 Å². The molecule has 1 N–H and O–H groups in total. The quantitative estimate of drug-likeness (QED) is 0.646. The van der Waals surface area contributed by atoms with E-state index in [2.05, 4.69) is 0 Å². The van der Waals surface area contributed by atoms with Crippen molar-refractivity contribution in [3.8, 4) is 0 Å². The lowest BCUT2D eigenvalue weighted by molar-refractivity contribution is -0.150. The van der Waals surface area contributed by atoms with Gasteiger partial charge in [-0.15, -0.1) is 0 Å². The molecule has 1 radical (unpaired) electrons. The first-order valence-corrected chi connectivity index (χ1v) is 2.63. The molecule has 0 saturated carbocycles. The molecule has 0 aliphatic heterocycles. The number of rotatable bonds is 3. The zero-order valence-electron chi connectivity index (χ0n) is 5.33. The molecule has 0 aromatic carbocycles. The average Bonchev–Trinajstić information content (AvgIpc) is 1.80. The fourth-order valence-corrected chi connectivity index (χ4v) is 0.310. The van der Waals surface area contributed by atoms with Crippen LogP contribution in [-0.2, 0) is 4.79 Å². The van der Waals surface area contributed by atoms with Crippen LogP contribution in [0.4, 0.5) is 13.2 Å². The fourth-order valence-electron chi connectivity index (χ4n) is 0.310. The molecule has 0 aromatic rings. The molecule has 0 bridgehead atoms. The summed E-state index contributed by atoms with van der Waals surface area (Å²) >= 11 is 0. The number of nitrogens with one attached hydrogen (secondary N) is 1. The van der Waals surface area contributed by atoms with Crippen LogP contribution in [0.3, 0.4) is 0 Å². The van der Waals surface area contributed by atoms with E-state index in [4.69, 9.17) is 0 Å². The van der Waals surface area contributed by atoms with Gasteiger partial charge in [-0.05, 0) is 6.92 Å². The van der Waals surface area contributed by atoms with Crippen LogP contribution in [0.2, 0.25) is 0 Å². The second-order valence-corrected chi connectivity index (χ2v) is 1.79. The van der Waals surface area contributed by atoms with Crippen LogP contribution in [0.15, 0.2) is 0 Å². The van der Waals surface area contributed by atoms with Crippen molar-refractivity contribution in [2.45, 2.75) is 19.1 Å². The number of halogens is 3. The van der Waals surface area contributed by atoms with Crippen LogP contribution < -0.4 is 5.32 Å². The third kappa shape index (κ3) is 3.45. The monoisotopic (exact) mass is 154 g/mol. The van der Waals surface area contributed by atoms with Crippen molar-refractivity contribution in [2.75, 3.05) is 6.54 Å². The highest BCUT2D eigenvalue weighted by Crippen LogP contribution is 2.18. The SMILES string of the molecule is C[C@@H](NC[C]=O)C(F)(F)F. The summed E-state index contributed by atoms with van der Waals surface area (Å²) in [6.07, 6.45) is -2.97. The summed E-state index contributed by atoms with van der Waals surface area (Å²) in [7, 11) is 0. The Hall–Kier alpha value is -0.580. The van der Waals surface area contributed by atoms with E-state index in [0.717, 1.165) is 6.92 Å². The van der Waals surface area contributed by atoms with Gasteiger partial charge in [-0.2, -0.15) is 13.2 Å². The van der Waals surface area contributed by atoms with E-state index in [9.17, 15) is 18.0 Å². The minimum Gasteiger partial charge on any atom is -0.299 e. The van der Waals surface area contributed by atoms with Gasteiger partial charge in [0, 0.05) is 0 Å². The fraction of sp³-hybridized carbons (Fsp3) is 0.800. The summed E-state index contributed by atoms with van der Waals surface area (Å²) in [4.78, 5) is 9.48. The minimum atomic E-state index is -4.28. The Morgan fingerprint density at radius 3 is 2.40 bits per heavy atom. The van der Waals surface area contributed by atoms with Crippen molar-refractivity contribution in [3.05, 3.63) is 0 Å². The van der Waals surface area contributed by atoms with Crippen molar-refractivity contribution in [3.63, 3.8) is 0 Å². The second kappa shape index (κ2) is 3.55. The van der Waals surface area contributed by atoms with Crippen LogP contribution in [0.1, 0.15) is 6.92 Å². The second-order valence-electron chi connectivity index (χ2n) is 1.79. The number of alkyl halides is 3. The van der Waals surface area contributed by atoms with Crippen molar-refractivity contribution < 1.29 is 18.0 Å². The molecular formula is C5H7F3NO. The summed E-state index contributed by atoms with van der Waals surface area (Å²) in [5.74, 6) is 0. The molecule has 0 heterocycles. The van der Waals surface area contributed by atoms with Gasteiger partial charge < -0.3 is 0 Å². The lowest BCUT2D eigenvalue weighted by Gasteiger charge is -2.14. The number of hydrogen-bond donors (Lipinski definition) is 1. The molecule has 2 nitrogen and oxygen atoms in total. The third-order valence-corrected chi connectivity index (χ3v) is 0.971. The Kier molecular flexibility index (Phi) is 3.35. The van der Waals surface area contributed by atoms with E-state index >= 15 is 0 Å². The molecule has 0 fully saturated rings. The Labute approximate surface area is 56.4 Å². The molecule has 0 amide bonds. The normalized spacial score (nSPS) is 14.8. The summed E-state index contributed by atoms with van der Waals surface area (Å²) in [6, 6.07) is -1.64. The van der Waals surface area contributed by atoms with E-state index in [0.29, 0.717) is 0 Å². The molecule has 10 heavy (non-hydrogen) atoms. The predicted octanol–water partition coefficient (Wildman–Crippen LogP) is 0.637. The molecule has 5 heteroatoms. The lowest BCUT2D eigenvalue weighted by Crippen LogP contribution is -2.40. The first-order chi connectivity index (χ1) is 4.48. The van der Waals surface area contributed by atoms with Crippen molar-refractivity contribution in [2.24, 2.45) is 0 Å². The van der Waals surface area contributed by atoms with Crippen LogP contribution in [0, 0.1) is 0 Å². The molecular weight excluding hydrogens is 147 g/mol. The van der Waals surface area contributed by atoms with Crippen molar-refractivity contribution in [1.29, 1.82) is 0 Å². The van der Waals surface area contributed by atoms with Crippen LogP contribution in [-0.4, -0.2) is 25.0 Å². The van der Waals surface area contributed by atoms with E-state index in [1.807, 2.05) is 5.32 Å². The Balaban J connectivity index is 3.61. The molecule has 0 spiro atoms. The molecule has 0 aliphatic carbocycles. The van der Waals surface area contributed by atoms with Crippen LogP contribution in [0.5, 0.6) is 0 Å². The van der Waals surface area contributed by atoms with Crippen LogP contribution in [0.25, 0.3) is 0 Å². The lowest BCUT2D eigenvalue weighted by atomic mass is 10.3. The van der Waals surface area contributed by atoms with Gasteiger partial charge in [-0.1, -0.05) is 0 Å². The van der Waals surface area contributed by atoms with Gasteiger partial charge in [0.25, 0.3) is 0 Å². The van der Waals surface area contributed by atoms with Gasteiger partial charge in [0.2, 0.25) is 6.29 Å². The summed E-state index contributed by atoms with van der Waals surface area (Å²) < 4.78 is 34.7. The van der Waals surface area contributed by atoms with Crippen molar-refractivity contribution >= 4 is 6.29 Å². The number of carbonyl (C=O) groups excluding carboxylic acids is 1. The number of hydrogen-bond acceptors (Lipinski definition) is 2. The summed E-state index contributed by atoms with van der Waals surface area (Å²) in [5, 5.41) is 1.92. The first-order valence-electron chi connectivity index (χ1n) is 2.63. The molecule has 59 valence electrons. The zero-order valence-corrected chi connectivity index (χ0v) is 5.33. The highest BCUT2D eigenvalue weighted by atomic mass is 19.4. The standard InChI is InChI=1S/C5H7F3NO/c1-4(5(6,7)8)9-2-3-10/h4,9H,2H2,1H3/t4-/m1/s1. The maximum Gasteiger partial charge on any atom is 0.403 e. The molecule has 0 saturated heterocycles. The van der Waals surface area contributed by atoms with E-state index < -0.39 is 12.2 Å². The zero-order chi connectivity index (χ0) is 8.20. The third-order valence-electron chi connectivity index (χ3n) is 0.971. The smallest absolute Gasteiger partial charge is 0.299 e. The van der Waals surface area contributed by atoms with Gasteiger partial charge in [0.15, 0.2) is 0 Å². The van der Waals surface area contributed by atoms with E-state index in [-0.39, 0.29) is 6.54 Å². The van der Waals surface area contributed by atoms with Gasteiger partial charge in [0.1, 0.15) is 6.04 Å². The highest BCUT2D eigenvalue weighted by Gasteiger charge is 2.35. The highest BCUT2D eigenvalue weighted by molar-refractivity contribution is 5.52. The minimum absolute atomic E-state index is 0.388. The van der Waals surface area contributed by atoms with Crippen LogP contribution >= 0.6 is 0 Å². The Bertz CT molecular complexity index is 112.